The van der Waals surface area contributed by atoms with Gasteiger partial charge in [0, 0.05) is 26.2 Å². The second-order valence-corrected chi connectivity index (χ2v) is 4.81. The Labute approximate surface area is 121 Å². The lowest BCUT2D eigenvalue weighted by Gasteiger charge is -2.37. The average Bonchev–Trinajstić information content (AvgIpc) is 2.47. The van der Waals surface area contributed by atoms with Crippen LogP contribution in [0.2, 0.25) is 0 Å². The van der Waals surface area contributed by atoms with E-state index in [2.05, 4.69) is 5.32 Å². The van der Waals surface area contributed by atoms with E-state index in [0.717, 1.165) is 0 Å². The maximum absolute atomic E-state index is 13.6. The number of hydrogen-bond acceptors (Lipinski definition) is 4. The van der Waals surface area contributed by atoms with Gasteiger partial charge in [0.15, 0.2) is 0 Å². The average molecular weight is 304 g/mol. The molecule has 1 aliphatic heterocycles. The smallest absolute Gasteiger partial charge is 0.408 e. The Balaban J connectivity index is 2.50. The zero-order chi connectivity index (χ0) is 15.5. The monoisotopic (exact) mass is 304 g/mol. The maximum Gasteiger partial charge on any atom is 0.408 e. The molecule has 0 bridgehead atoms. The molecule has 1 aromatic rings. The number of nitrogens with one attached hydrogen (secondary N) is 1. The van der Waals surface area contributed by atoms with Crippen molar-refractivity contribution in [3.8, 4) is 11.5 Å². The summed E-state index contributed by atoms with van der Waals surface area (Å²) in [5.41, 5.74) is 0.0388. The van der Waals surface area contributed by atoms with E-state index in [0.29, 0.717) is 26.2 Å². The lowest BCUT2D eigenvalue weighted by atomic mass is 10.0. The molecule has 0 radical (unpaired) electrons. The van der Waals surface area contributed by atoms with Crippen LogP contribution in [0.25, 0.3) is 0 Å². The molecular formula is C14H19F3N2O2. The zero-order valence-electron chi connectivity index (χ0n) is 12.0. The number of piperazine rings is 1. The van der Waals surface area contributed by atoms with Gasteiger partial charge in [-0.2, -0.15) is 13.2 Å². The molecule has 1 saturated heterocycles. The summed E-state index contributed by atoms with van der Waals surface area (Å²) in [7, 11) is 2.73. The predicted molar refractivity (Wildman–Crippen MR) is 72.8 cm³/mol. The van der Waals surface area contributed by atoms with Gasteiger partial charge in [0.05, 0.1) is 19.8 Å². The molecule has 0 aliphatic carbocycles. The molecule has 1 heterocycles. The van der Waals surface area contributed by atoms with Crippen molar-refractivity contribution in [2.75, 3.05) is 40.4 Å². The molecule has 1 aliphatic rings. The molecular weight excluding hydrogens is 285 g/mol. The first-order chi connectivity index (χ1) is 9.99. The van der Waals surface area contributed by atoms with Gasteiger partial charge in [-0.3, -0.25) is 4.90 Å². The number of nitrogens with zero attached hydrogens (tertiary/aromatic N) is 1. The second kappa shape index (κ2) is 6.53. The van der Waals surface area contributed by atoms with Crippen LogP contribution in [0.4, 0.5) is 13.2 Å². The van der Waals surface area contributed by atoms with Crippen molar-refractivity contribution in [1.82, 2.24) is 10.2 Å². The number of halogens is 3. The van der Waals surface area contributed by atoms with E-state index in [9.17, 15) is 13.2 Å². The molecule has 0 aromatic heterocycles. The van der Waals surface area contributed by atoms with E-state index < -0.39 is 12.2 Å². The largest absolute Gasteiger partial charge is 0.496 e. The number of benzene rings is 1. The first kappa shape index (κ1) is 15.9. The number of ether oxygens (including phenoxy) is 2. The van der Waals surface area contributed by atoms with Crippen LogP contribution in [0, 0.1) is 0 Å². The van der Waals surface area contributed by atoms with Crippen LogP contribution in [0.15, 0.2) is 18.2 Å². The normalized spacial score (nSPS) is 18.3. The fraction of sp³-hybridized carbons (Fsp3) is 0.571. The van der Waals surface area contributed by atoms with E-state index in [-0.39, 0.29) is 17.1 Å². The highest BCUT2D eigenvalue weighted by Gasteiger charge is 2.47. The quantitative estimate of drug-likeness (QED) is 0.925. The first-order valence-electron chi connectivity index (χ1n) is 6.71. The van der Waals surface area contributed by atoms with Gasteiger partial charge in [0.2, 0.25) is 0 Å². The Bertz CT molecular complexity index is 452. The van der Waals surface area contributed by atoms with Crippen LogP contribution in [0.5, 0.6) is 11.5 Å². The van der Waals surface area contributed by atoms with Crippen LogP contribution < -0.4 is 14.8 Å². The van der Waals surface area contributed by atoms with Gasteiger partial charge in [-0.15, -0.1) is 0 Å². The SMILES string of the molecule is COc1cccc(OC)c1[C@@H](N1CCNCC1)C(F)(F)F. The molecule has 2 rings (SSSR count). The van der Waals surface area contributed by atoms with Gasteiger partial charge in [-0.25, -0.2) is 0 Å². The zero-order valence-corrected chi connectivity index (χ0v) is 12.0. The van der Waals surface area contributed by atoms with E-state index in [1.165, 1.54) is 31.3 Å². The van der Waals surface area contributed by atoms with Crippen molar-refractivity contribution in [3.63, 3.8) is 0 Å². The Kier molecular flexibility index (Phi) is 4.95. The molecule has 0 saturated carbocycles. The molecule has 118 valence electrons. The minimum absolute atomic E-state index is 0.0388. The fourth-order valence-electron chi connectivity index (χ4n) is 2.64. The minimum atomic E-state index is -4.40. The Morgan fingerprint density at radius 2 is 1.62 bits per heavy atom. The third-order valence-corrected chi connectivity index (χ3v) is 3.57. The highest BCUT2D eigenvalue weighted by Crippen LogP contribution is 2.45. The molecule has 1 aromatic carbocycles. The molecule has 1 N–H and O–H groups in total. The van der Waals surface area contributed by atoms with E-state index >= 15 is 0 Å². The standard InChI is InChI=1S/C14H19F3N2O2/c1-20-10-4-3-5-11(21-2)12(10)13(14(15,16)17)19-8-6-18-7-9-19/h3-5,13,18H,6-9H2,1-2H3/t13-/m1/s1. The lowest BCUT2D eigenvalue weighted by Crippen LogP contribution is -2.49. The minimum Gasteiger partial charge on any atom is -0.496 e. The Morgan fingerprint density at radius 3 is 2.05 bits per heavy atom. The van der Waals surface area contributed by atoms with Crippen LogP contribution in [0.1, 0.15) is 11.6 Å². The molecule has 0 spiro atoms. The Hall–Kier alpha value is -1.47. The summed E-state index contributed by atoms with van der Waals surface area (Å²) >= 11 is 0. The van der Waals surface area contributed by atoms with Crippen molar-refractivity contribution in [2.45, 2.75) is 12.2 Å². The molecule has 0 amide bonds. The number of alkyl halides is 3. The third kappa shape index (κ3) is 3.41. The molecule has 21 heavy (non-hydrogen) atoms. The summed E-state index contributed by atoms with van der Waals surface area (Å²) in [6.07, 6.45) is -4.40. The van der Waals surface area contributed by atoms with E-state index in [4.69, 9.17) is 9.47 Å². The lowest BCUT2D eigenvalue weighted by molar-refractivity contribution is -0.188. The van der Waals surface area contributed by atoms with Crippen LogP contribution in [-0.2, 0) is 0 Å². The Morgan fingerprint density at radius 1 is 1.10 bits per heavy atom. The summed E-state index contributed by atoms with van der Waals surface area (Å²) in [5, 5.41) is 3.06. The van der Waals surface area contributed by atoms with Gasteiger partial charge in [0.1, 0.15) is 17.5 Å². The summed E-state index contributed by atoms with van der Waals surface area (Å²) in [6.45, 7) is 1.71. The van der Waals surface area contributed by atoms with Crippen LogP contribution in [-0.4, -0.2) is 51.5 Å². The predicted octanol–water partition coefficient (Wildman–Crippen LogP) is 2.21. The fourth-order valence-corrected chi connectivity index (χ4v) is 2.64. The van der Waals surface area contributed by atoms with Gasteiger partial charge < -0.3 is 14.8 Å². The summed E-state index contributed by atoms with van der Waals surface area (Å²) in [6, 6.07) is 2.94. The maximum atomic E-state index is 13.6. The van der Waals surface area contributed by atoms with E-state index in [1.807, 2.05) is 0 Å². The summed E-state index contributed by atoms with van der Waals surface area (Å²) in [5.74, 6) is 0.380. The van der Waals surface area contributed by atoms with Crippen molar-refractivity contribution < 1.29 is 22.6 Å². The van der Waals surface area contributed by atoms with Crippen molar-refractivity contribution >= 4 is 0 Å². The first-order valence-corrected chi connectivity index (χ1v) is 6.71. The number of hydrogen-bond donors (Lipinski definition) is 1. The van der Waals surface area contributed by atoms with E-state index in [1.54, 1.807) is 6.07 Å². The molecule has 7 heteroatoms. The van der Waals surface area contributed by atoms with Gasteiger partial charge in [-0.1, -0.05) is 6.07 Å². The van der Waals surface area contributed by atoms with Crippen molar-refractivity contribution in [1.29, 1.82) is 0 Å². The van der Waals surface area contributed by atoms with Crippen molar-refractivity contribution in [3.05, 3.63) is 23.8 Å². The summed E-state index contributed by atoms with van der Waals surface area (Å²) < 4.78 is 51.2. The topological polar surface area (TPSA) is 33.7 Å². The van der Waals surface area contributed by atoms with Gasteiger partial charge in [0.25, 0.3) is 0 Å². The molecule has 1 fully saturated rings. The molecule has 0 unspecified atom stereocenters. The van der Waals surface area contributed by atoms with Crippen LogP contribution in [0.3, 0.4) is 0 Å². The third-order valence-electron chi connectivity index (χ3n) is 3.57. The second-order valence-electron chi connectivity index (χ2n) is 4.81. The molecule has 1 atom stereocenters. The van der Waals surface area contributed by atoms with Crippen LogP contribution >= 0.6 is 0 Å². The molecule has 4 nitrogen and oxygen atoms in total. The highest BCUT2D eigenvalue weighted by atomic mass is 19.4. The number of methoxy groups -OCH3 is 2. The highest BCUT2D eigenvalue weighted by molar-refractivity contribution is 5.47. The van der Waals surface area contributed by atoms with Gasteiger partial charge in [-0.05, 0) is 12.1 Å². The van der Waals surface area contributed by atoms with Crippen molar-refractivity contribution in [2.24, 2.45) is 0 Å². The number of rotatable bonds is 4. The summed E-state index contributed by atoms with van der Waals surface area (Å²) in [4.78, 5) is 1.41. The van der Waals surface area contributed by atoms with Gasteiger partial charge >= 0.3 is 6.18 Å².